The van der Waals surface area contributed by atoms with E-state index in [-0.39, 0.29) is 6.04 Å². The van der Waals surface area contributed by atoms with Crippen LogP contribution in [0.2, 0.25) is 0 Å². The second-order valence-corrected chi connectivity index (χ2v) is 6.31. The van der Waals surface area contributed by atoms with Crippen molar-refractivity contribution in [1.82, 2.24) is 10.3 Å². The Kier molecular flexibility index (Phi) is 4.22. The molecule has 0 saturated carbocycles. The van der Waals surface area contributed by atoms with Gasteiger partial charge in [-0.1, -0.05) is 30.3 Å². The first kappa shape index (κ1) is 14.5. The zero-order valence-electron chi connectivity index (χ0n) is 12.1. The Morgan fingerprint density at radius 2 is 1.86 bits per heavy atom. The fourth-order valence-electron chi connectivity index (χ4n) is 2.64. The van der Waals surface area contributed by atoms with Crippen molar-refractivity contribution in [2.24, 2.45) is 0 Å². The van der Waals surface area contributed by atoms with Gasteiger partial charge in [0.25, 0.3) is 0 Å². The smallest absolute Gasteiger partial charge is 0.0705 e. The van der Waals surface area contributed by atoms with Gasteiger partial charge in [-0.25, -0.2) is 0 Å². The van der Waals surface area contributed by atoms with Crippen LogP contribution in [0.3, 0.4) is 0 Å². The molecule has 21 heavy (non-hydrogen) atoms. The first-order chi connectivity index (χ1) is 10.2. The second-order valence-electron chi connectivity index (χ2n) is 5.15. The quantitative estimate of drug-likeness (QED) is 0.671. The lowest BCUT2D eigenvalue weighted by Crippen LogP contribution is -2.18. The van der Waals surface area contributed by atoms with Crippen LogP contribution in [0.5, 0.6) is 0 Å². The van der Waals surface area contributed by atoms with Crippen LogP contribution in [0.1, 0.15) is 22.9 Å². The van der Waals surface area contributed by atoms with Crippen LogP contribution < -0.4 is 5.32 Å². The molecule has 3 aromatic rings. The fourth-order valence-corrected chi connectivity index (χ4v) is 3.34. The van der Waals surface area contributed by atoms with Gasteiger partial charge in [0.05, 0.1) is 11.6 Å². The number of nitrogens with zero attached hydrogens (tertiary/aromatic N) is 1. The summed E-state index contributed by atoms with van der Waals surface area (Å²) < 4.78 is 1.27. The van der Waals surface area contributed by atoms with E-state index in [1.807, 2.05) is 14.0 Å². The van der Waals surface area contributed by atoms with E-state index in [1.165, 1.54) is 20.1 Å². The molecule has 0 aliphatic carbocycles. The molecule has 1 atom stereocenters. The van der Waals surface area contributed by atoms with Gasteiger partial charge >= 0.3 is 0 Å². The number of rotatable bonds is 3. The van der Waals surface area contributed by atoms with Crippen molar-refractivity contribution in [2.45, 2.75) is 13.0 Å². The standard InChI is InChI=1S/C18H17IN2/c1-12-7-8-13-11-14(9-10-17(13)21-12)18(20-2)15-5-3-4-6-16(15)19/h3-11,18,20H,1-2H3. The van der Waals surface area contributed by atoms with E-state index in [1.54, 1.807) is 0 Å². The number of aromatic nitrogens is 1. The molecule has 0 bridgehead atoms. The largest absolute Gasteiger partial charge is 0.309 e. The third-order valence-electron chi connectivity index (χ3n) is 3.69. The summed E-state index contributed by atoms with van der Waals surface area (Å²) in [5.41, 5.74) is 4.68. The predicted molar refractivity (Wildman–Crippen MR) is 96.5 cm³/mol. The zero-order chi connectivity index (χ0) is 14.8. The van der Waals surface area contributed by atoms with E-state index in [0.29, 0.717) is 0 Å². The minimum Gasteiger partial charge on any atom is -0.309 e. The maximum atomic E-state index is 4.57. The van der Waals surface area contributed by atoms with E-state index in [4.69, 9.17) is 0 Å². The van der Waals surface area contributed by atoms with Crippen molar-refractivity contribution in [3.63, 3.8) is 0 Å². The number of hydrogen-bond acceptors (Lipinski definition) is 2. The van der Waals surface area contributed by atoms with Gasteiger partial charge in [-0.3, -0.25) is 4.98 Å². The van der Waals surface area contributed by atoms with E-state index in [9.17, 15) is 0 Å². The minimum absolute atomic E-state index is 0.198. The Bertz CT molecular complexity index is 783. The summed E-state index contributed by atoms with van der Waals surface area (Å²) in [6.07, 6.45) is 0. The van der Waals surface area contributed by atoms with Crippen LogP contribution >= 0.6 is 22.6 Å². The van der Waals surface area contributed by atoms with Gasteiger partial charge in [-0.15, -0.1) is 0 Å². The zero-order valence-corrected chi connectivity index (χ0v) is 14.3. The maximum Gasteiger partial charge on any atom is 0.0705 e. The van der Waals surface area contributed by atoms with Crippen LogP contribution in [0.4, 0.5) is 0 Å². The highest BCUT2D eigenvalue weighted by Crippen LogP contribution is 2.28. The molecule has 2 aromatic carbocycles. The van der Waals surface area contributed by atoms with Gasteiger partial charge in [0, 0.05) is 14.7 Å². The molecule has 0 aliphatic rings. The Balaban J connectivity index is 2.09. The average Bonchev–Trinajstić information content (AvgIpc) is 2.50. The number of hydrogen-bond donors (Lipinski definition) is 1. The Labute approximate surface area is 138 Å². The predicted octanol–water partition coefficient (Wildman–Crippen LogP) is 4.46. The third-order valence-corrected chi connectivity index (χ3v) is 4.67. The molecule has 1 N–H and O–H groups in total. The average molecular weight is 388 g/mol. The van der Waals surface area contributed by atoms with E-state index in [2.05, 4.69) is 87.5 Å². The number of halogens is 1. The summed E-state index contributed by atoms with van der Waals surface area (Å²) in [7, 11) is 2.01. The lowest BCUT2D eigenvalue weighted by Gasteiger charge is -2.19. The highest BCUT2D eigenvalue weighted by Gasteiger charge is 2.14. The highest BCUT2D eigenvalue weighted by atomic mass is 127. The van der Waals surface area contributed by atoms with Crippen molar-refractivity contribution >= 4 is 33.5 Å². The van der Waals surface area contributed by atoms with Crippen LogP contribution in [-0.2, 0) is 0 Å². The summed E-state index contributed by atoms with van der Waals surface area (Å²) in [5.74, 6) is 0. The SMILES string of the molecule is CNC(c1ccc2nc(C)ccc2c1)c1ccccc1I. The summed E-state index contributed by atoms with van der Waals surface area (Å²) in [6, 6.07) is 19.4. The summed E-state index contributed by atoms with van der Waals surface area (Å²) in [6.45, 7) is 2.02. The van der Waals surface area contributed by atoms with Crippen molar-refractivity contribution in [3.05, 3.63) is 75.0 Å². The number of nitrogens with one attached hydrogen (secondary N) is 1. The molecule has 0 radical (unpaired) electrons. The van der Waals surface area contributed by atoms with E-state index < -0.39 is 0 Å². The summed E-state index contributed by atoms with van der Waals surface area (Å²) >= 11 is 2.40. The lowest BCUT2D eigenvalue weighted by atomic mass is 9.97. The second kappa shape index (κ2) is 6.12. The fraction of sp³-hybridized carbons (Fsp3) is 0.167. The van der Waals surface area contributed by atoms with Gasteiger partial charge in [-0.05, 0) is 72.0 Å². The molecule has 0 aliphatic heterocycles. The molecule has 3 heteroatoms. The van der Waals surface area contributed by atoms with E-state index in [0.717, 1.165) is 11.2 Å². The van der Waals surface area contributed by atoms with Crippen molar-refractivity contribution < 1.29 is 0 Å². The molecule has 0 amide bonds. The molecule has 0 fully saturated rings. The summed E-state index contributed by atoms with van der Waals surface area (Å²) in [5, 5.41) is 4.61. The number of aryl methyl sites for hydroxylation is 1. The number of fused-ring (bicyclic) bond motifs is 1. The van der Waals surface area contributed by atoms with Gasteiger partial charge in [-0.2, -0.15) is 0 Å². The molecule has 2 nitrogen and oxygen atoms in total. The Hall–Kier alpha value is -1.46. The highest BCUT2D eigenvalue weighted by molar-refractivity contribution is 14.1. The normalized spacial score (nSPS) is 12.5. The van der Waals surface area contributed by atoms with Crippen molar-refractivity contribution in [2.75, 3.05) is 7.05 Å². The molecular formula is C18H17IN2. The van der Waals surface area contributed by atoms with Crippen LogP contribution in [0, 0.1) is 10.5 Å². The molecule has 106 valence electrons. The third kappa shape index (κ3) is 2.94. The Morgan fingerprint density at radius 1 is 1.05 bits per heavy atom. The molecule has 1 aromatic heterocycles. The summed E-state index contributed by atoms with van der Waals surface area (Å²) in [4.78, 5) is 4.57. The molecule has 0 saturated heterocycles. The molecule has 1 heterocycles. The molecule has 0 spiro atoms. The van der Waals surface area contributed by atoms with Crippen molar-refractivity contribution in [3.8, 4) is 0 Å². The Morgan fingerprint density at radius 3 is 2.62 bits per heavy atom. The monoisotopic (exact) mass is 388 g/mol. The van der Waals surface area contributed by atoms with Crippen LogP contribution in [-0.4, -0.2) is 12.0 Å². The van der Waals surface area contributed by atoms with E-state index >= 15 is 0 Å². The number of pyridine rings is 1. The molecule has 3 rings (SSSR count). The van der Waals surface area contributed by atoms with Gasteiger partial charge < -0.3 is 5.32 Å². The van der Waals surface area contributed by atoms with Gasteiger partial charge in [0.2, 0.25) is 0 Å². The minimum atomic E-state index is 0.198. The topological polar surface area (TPSA) is 24.9 Å². The molecule has 1 unspecified atom stereocenters. The lowest BCUT2D eigenvalue weighted by molar-refractivity contribution is 0.689. The molecular weight excluding hydrogens is 371 g/mol. The van der Waals surface area contributed by atoms with Crippen molar-refractivity contribution in [1.29, 1.82) is 0 Å². The van der Waals surface area contributed by atoms with Gasteiger partial charge in [0.1, 0.15) is 0 Å². The first-order valence-electron chi connectivity index (χ1n) is 6.98. The maximum absolute atomic E-state index is 4.57. The van der Waals surface area contributed by atoms with Crippen LogP contribution in [0.15, 0.2) is 54.6 Å². The first-order valence-corrected chi connectivity index (χ1v) is 8.06. The number of benzene rings is 2. The van der Waals surface area contributed by atoms with Gasteiger partial charge in [0.15, 0.2) is 0 Å². The van der Waals surface area contributed by atoms with Crippen LogP contribution in [0.25, 0.3) is 10.9 Å².